The lowest BCUT2D eigenvalue weighted by atomic mass is 10.1. The fraction of sp³-hybridized carbons (Fsp3) is 0.273. The van der Waals surface area contributed by atoms with Gasteiger partial charge in [-0.2, -0.15) is 0 Å². The molecule has 1 amide bonds. The molecule has 8 nitrogen and oxygen atoms in total. The number of hydrogen-bond donors (Lipinski definition) is 1. The standard InChI is InChI=1S/C22H23ClN4O4S/c1-15-24-9-10-26(15)13-17-5-3-16(4-6-17)12-25-22(28)21-14-27(32(2,29)30)19-11-18(23)7-8-20(19)31-21/h3-11,21H,12-14H2,1-2H3,(H,25,28). The van der Waals surface area contributed by atoms with Gasteiger partial charge in [-0.15, -0.1) is 0 Å². The average Bonchev–Trinajstić information content (AvgIpc) is 3.15. The van der Waals surface area contributed by atoms with Crippen molar-refractivity contribution < 1.29 is 17.9 Å². The van der Waals surface area contributed by atoms with E-state index in [1.807, 2.05) is 37.4 Å². The van der Waals surface area contributed by atoms with E-state index < -0.39 is 22.0 Å². The molecule has 1 N–H and O–H groups in total. The quantitative estimate of drug-likeness (QED) is 0.593. The fourth-order valence-electron chi connectivity index (χ4n) is 3.51. The summed E-state index contributed by atoms with van der Waals surface area (Å²) in [6.07, 6.45) is 3.82. The van der Waals surface area contributed by atoms with Gasteiger partial charge in [0.1, 0.15) is 11.6 Å². The molecule has 3 aromatic rings. The minimum atomic E-state index is -3.61. The van der Waals surface area contributed by atoms with Crippen molar-refractivity contribution in [3.63, 3.8) is 0 Å². The van der Waals surface area contributed by atoms with Crippen LogP contribution in [0.2, 0.25) is 5.02 Å². The number of anilines is 1. The Kier molecular flexibility index (Phi) is 6.12. The number of benzene rings is 2. The topological polar surface area (TPSA) is 93.5 Å². The molecule has 1 unspecified atom stereocenters. The van der Waals surface area contributed by atoms with Crippen LogP contribution in [0.1, 0.15) is 17.0 Å². The maximum absolute atomic E-state index is 12.7. The largest absolute Gasteiger partial charge is 0.476 e. The second-order valence-electron chi connectivity index (χ2n) is 7.65. The van der Waals surface area contributed by atoms with Crippen molar-refractivity contribution in [3.8, 4) is 5.75 Å². The molecule has 1 aliphatic heterocycles. The van der Waals surface area contributed by atoms with Gasteiger partial charge in [-0.1, -0.05) is 35.9 Å². The number of ether oxygens (including phenoxy) is 1. The number of nitrogens with one attached hydrogen (secondary N) is 1. The van der Waals surface area contributed by atoms with Gasteiger partial charge in [-0.3, -0.25) is 9.10 Å². The molecule has 10 heteroatoms. The van der Waals surface area contributed by atoms with Crippen molar-refractivity contribution in [3.05, 3.63) is 76.8 Å². The van der Waals surface area contributed by atoms with Crippen molar-refractivity contribution in [1.82, 2.24) is 14.9 Å². The first kappa shape index (κ1) is 22.2. The molecule has 168 valence electrons. The zero-order valence-corrected chi connectivity index (χ0v) is 19.2. The number of hydrogen-bond acceptors (Lipinski definition) is 5. The highest BCUT2D eigenvalue weighted by Crippen LogP contribution is 2.37. The van der Waals surface area contributed by atoms with Crippen molar-refractivity contribution in [1.29, 1.82) is 0 Å². The van der Waals surface area contributed by atoms with E-state index >= 15 is 0 Å². The maximum Gasteiger partial charge on any atom is 0.263 e. The van der Waals surface area contributed by atoms with Crippen LogP contribution in [-0.2, 0) is 27.9 Å². The fourth-order valence-corrected chi connectivity index (χ4v) is 4.58. The number of rotatable bonds is 6. The number of aromatic nitrogens is 2. The van der Waals surface area contributed by atoms with Crippen LogP contribution in [0.25, 0.3) is 0 Å². The van der Waals surface area contributed by atoms with Crippen LogP contribution < -0.4 is 14.4 Å². The van der Waals surface area contributed by atoms with Crippen LogP contribution in [0.3, 0.4) is 0 Å². The van der Waals surface area contributed by atoms with E-state index in [4.69, 9.17) is 16.3 Å². The van der Waals surface area contributed by atoms with Gasteiger partial charge in [-0.05, 0) is 36.2 Å². The zero-order valence-electron chi connectivity index (χ0n) is 17.7. The summed E-state index contributed by atoms with van der Waals surface area (Å²) in [7, 11) is -3.61. The van der Waals surface area contributed by atoms with Crippen molar-refractivity contribution >= 4 is 33.2 Å². The molecule has 0 aliphatic carbocycles. The molecule has 0 saturated heterocycles. The summed E-state index contributed by atoms with van der Waals surface area (Å²) < 4.78 is 33.5. The number of carbonyl (C=O) groups excluding carboxylic acids is 1. The molecule has 32 heavy (non-hydrogen) atoms. The van der Waals surface area contributed by atoms with Crippen LogP contribution in [0.15, 0.2) is 54.9 Å². The van der Waals surface area contributed by atoms with Crippen LogP contribution >= 0.6 is 11.6 Å². The third kappa shape index (κ3) is 4.89. The number of imidazole rings is 1. The first-order chi connectivity index (χ1) is 15.2. The van der Waals surface area contributed by atoms with Crippen LogP contribution in [0, 0.1) is 6.92 Å². The molecule has 0 radical (unpaired) electrons. The summed E-state index contributed by atoms with van der Waals surface area (Å²) >= 11 is 6.01. The van der Waals surface area contributed by atoms with Crippen LogP contribution in [-0.4, -0.2) is 42.8 Å². The first-order valence-electron chi connectivity index (χ1n) is 9.98. The van der Waals surface area contributed by atoms with Gasteiger partial charge >= 0.3 is 0 Å². The predicted octanol–water partition coefficient (Wildman–Crippen LogP) is 2.74. The Labute approximate surface area is 191 Å². The lowest BCUT2D eigenvalue weighted by Crippen LogP contribution is -2.50. The summed E-state index contributed by atoms with van der Waals surface area (Å²) in [5.74, 6) is 0.851. The highest BCUT2D eigenvalue weighted by atomic mass is 35.5. The molecule has 0 bridgehead atoms. The molecule has 0 spiro atoms. The molecule has 0 saturated carbocycles. The highest BCUT2D eigenvalue weighted by molar-refractivity contribution is 7.92. The van der Waals surface area contributed by atoms with E-state index in [2.05, 4.69) is 14.9 Å². The number of fused-ring (bicyclic) bond motifs is 1. The third-order valence-electron chi connectivity index (χ3n) is 5.25. The molecule has 1 aromatic heterocycles. The van der Waals surface area contributed by atoms with E-state index in [1.54, 1.807) is 18.3 Å². The second-order valence-corrected chi connectivity index (χ2v) is 9.99. The summed E-state index contributed by atoms with van der Waals surface area (Å²) in [5, 5.41) is 3.22. The number of amides is 1. The molecule has 1 atom stereocenters. The molecule has 0 fully saturated rings. The number of aryl methyl sites for hydroxylation is 1. The molecule has 4 rings (SSSR count). The Balaban J connectivity index is 1.41. The van der Waals surface area contributed by atoms with Crippen molar-refractivity contribution in [2.75, 3.05) is 17.1 Å². The summed E-state index contributed by atoms with van der Waals surface area (Å²) in [4.78, 5) is 17.0. The minimum Gasteiger partial charge on any atom is -0.476 e. The molecular formula is C22H23ClN4O4S. The Hall–Kier alpha value is -3.04. The number of sulfonamides is 1. The van der Waals surface area contributed by atoms with E-state index in [9.17, 15) is 13.2 Å². The Morgan fingerprint density at radius 2 is 1.94 bits per heavy atom. The van der Waals surface area contributed by atoms with E-state index in [-0.39, 0.29) is 6.54 Å². The normalized spacial score (nSPS) is 15.7. The molecular weight excluding hydrogens is 452 g/mol. The highest BCUT2D eigenvalue weighted by Gasteiger charge is 2.35. The number of nitrogens with zero attached hydrogens (tertiary/aromatic N) is 3. The van der Waals surface area contributed by atoms with Crippen LogP contribution in [0.4, 0.5) is 5.69 Å². The summed E-state index contributed by atoms with van der Waals surface area (Å²) in [6.45, 7) is 2.85. The van der Waals surface area contributed by atoms with Crippen molar-refractivity contribution in [2.45, 2.75) is 26.1 Å². The van der Waals surface area contributed by atoms with Gasteiger partial charge in [0.2, 0.25) is 10.0 Å². The molecule has 2 heterocycles. The minimum absolute atomic E-state index is 0.124. The van der Waals surface area contributed by atoms with Crippen molar-refractivity contribution in [2.24, 2.45) is 0 Å². The number of halogens is 1. The Morgan fingerprint density at radius 3 is 2.59 bits per heavy atom. The SMILES string of the molecule is Cc1nccn1Cc1ccc(CNC(=O)C2CN(S(C)(=O)=O)c3cc(Cl)ccc3O2)cc1. The van der Waals surface area contributed by atoms with E-state index in [0.717, 1.165) is 34.1 Å². The second kappa shape index (κ2) is 8.84. The van der Waals surface area contributed by atoms with E-state index in [1.165, 1.54) is 6.07 Å². The molecule has 1 aliphatic rings. The predicted molar refractivity (Wildman–Crippen MR) is 122 cm³/mol. The van der Waals surface area contributed by atoms with Gasteiger partial charge in [0.05, 0.1) is 18.5 Å². The first-order valence-corrected chi connectivity index (χ1v) is 12.2. The third-order valence-corrected chi connectivity index (χ3v) is 6.63. The lowest BCUT2D eigenvalue weighted by Gasteiger charge is -2.34. The smallest absolute Gasteiger partial charge is 0.263 e. The Bertz CT molecular complexity index is 1240. The summed E-state index contributed by atoms with van der Waals surface area (Å²) in [5.41, 5.74) is 2.37. The summed E-state index contributed by atoms with van der Waals surface area (Å²) in [6, 6.07) is 12.6. The van der Waals surface area contributed by atoms with E-state index in [0.29, 0.717) is 23.0 Å². The monoisotopic (exact) mass is 474 g/mol. The average molecular weight is 475 g/mol. The molecule has 2 aromatic carbocycles. The van der Waals surface area contributed by atoms with Gasteiger partial charge < -0.3 is 14.6 Å². The maximum atomic E-state index is 12.7. The van der Waals surface area contributed by atoms with Gasteiger partial charge in [0, 0.05) is 30.5 Å². The van der Waals surface area contributed by atoms with Crippen LogP contribution in [0.5, 0.6) is 5.75 Å². The number of carbonyl (C=O) groups is 1. The van der Waals surface area contributed by atoms with Gasteiger partial charge in [0.15, 0.2) is 6.10 Å². The Morgan fingerprint density at radius 1 is 1.22 bits per heavy atom. The van der Waals surface area contributed by atoms with Gasteiger partial charge in [-0.25, -0.2) is 13.4 Å². The lowest BCUT2D eigenvalue weighted by molar-refractivity contribution is -0.127. The van der Waals surface area contributed by atoms with Gasteiger partial charge in [0.25, 0.3) is 5.91 Å². The zero-order chi connectivity index (χ0) is 22.9.